The van der Waals surface area contributed by atoms with Gasteiger partial charge >= 0.3 is 11.9 Å². The molecule has 0 aliphatic rings. The second kappa shape index (κ2) is 11.9. The van der Waals surface area contributed by atoms with Gasteiger partial charge in [-0.15, -0.1) is 0 Å². The molecule has 190 valence electrons. The van der Waals surface area contributed by atoms with Crippen LogP contribution in [-0.2, 0) is 0 Å². The number of Topliss-reactive ketones (excluding diaryl/α,β-unsaturated/α-hetero) is 2. The predicted octanol–water partition coefficient (Wildman–Crippen LogP) is 6.98. The first-order chi connectivity index (χ1) is 18.4. The van der Waals surface area contributed by atoms with Crippen molar-refractivity contribution >= 4 is 23.5 Å². The number of ketones is 2. The molecule has 4 aromatic carbocycles. The zero-order chi connectivity index (χ0) is 27.1. The fourth-order valence-corrected chi connectivity index (χ4v) is 3.86. The molecule has 0 fully saturated rings. The van der Waals surface area contributed by atoms with Gasteiger partial charge in [0.05, 0.1) is 11.1 Å². The van der Waals surface area contributed by atoms with Crippen LogP contribution in [0.3, 0.4) is 0 Å². The van der Waals surface area contributed by atoms with Crippen molar-refractivity contribution in [3.8, 4) is 22.6 Å². The summed E-state index contributed by atoms with van der Waals surface area (Å²) < 4.78 is 11.1. The minimum atomic E-state index is -0.604. The van der Waals surface area contributed by atoms with Gasteiger partial charge in [-0.25, -0.2) is 9.59 Å². The Kier molecular flexibility index (Phi) is 8.23. The Hall–Kier alpha value is -4.84. The largest absolute Gasteiger partial charge is 0.423 e. The van der Waals surface area contributed by atoms with E-state index in [0.717, 1.165) is 5.56 Å². The molecule has 38 heavy (non-hydrogen) atoms. The van der Waals surface area contributed by atoms with Crippen molar-refractivity contribution < 1.29 is 28.7 Å². The lowest BCUT2D eigenvalue weighted by Gasteiger charge is -2.12. The molecular formula is C32H26O6. The summed E-state index contributed by atoms with van der Waals surface area (Å²) in [5.74, 6) is -0.597. The Balaban J connectivity index is 1.59. The van der Waals surface area contributed by atoms with Crippen LogP contribution in [-0.4, -0.2) is 23.5 Å². The summed E-state index contributed by atoms with van der Waals surface area (Å²) >= 11 is 0. The van der Waals surface area contributed by atoms with E-state index in [0.29, 0.717) is 41.0 Å². The molecule has 4 aromatic rings. The zero-order valence-corrected chi connectivity index (χ0v) is 21.1. The van der Waals surface area contributed by atoms with E-state index in [9.17, 15) is 19.2 Å². The van der Waals surface area contributed by atoms with E-state index in [1.54, 1.807) is 68.4 Å². The highest BCUT2D eigenvalue weighted by atomic mass is 16.5. The van der Waals surface area contributed by atoms with Gasteiger partial charge in [-0.3, -0.25) is 9.59 Å². The van der Waals surface area contributed by atoms with E-state index < -0.39 is 11.9 Å². The second-order valence-electron chi connectivity index (χ2n) is 8.51. The van der Waals surface area contributed by atoms with Crippen LogP contribution < -0.4 is 9.47 Å². The normalized spacial score (nSPS) is 10.5. The molecule has 0 saturated carbocycles. The molecule has 0 saturated heterocycles. The van der Waals surface area contributed by atoms with E-state index in [-0.39, 0.29) is 22.7 Å². The Labute approximate surface area is 220 Å². The third-order valence-corrected chi connectivity index (χ3v) is 5.98. The van der Waals surface area contributed by atoms with Gasteiger partial charge in [0.15, 0.2) is 11.6 Å². The van der Waals surface area contributed by atoms with Gasteiger partial charge in [0.2, 0.25) is 0 Å². The summed E-state index contributed by atoms with van der Waals surface area (Å²) in [5, 5.41) is 0. The molecule has 0 atom stereocenters. The zero-order valence-electron chi connectivity index (χ0n) is 21.1. The van der Waals surface area contributed by atoms with E-state index in [1.165, 1.54) is 12.1 Å². The molecule has 0 aliphatic carbocycles. The fraction of sp³-hybridized carbons (Fsp3) is 0.125. The monoisotopic (exact) mass is 506 g/mol. The molecule has 0 radical (unpaired) electrons. The lowest BCUT2D eigenvalue weighted by molar-refractivity contribution is 0.0721. The van der Waals surface area contributed by atoms with Crippen LogP contribution in [0.25, 0.3) is 11.1 Å². The van der Waals surface area contributed by atoms with Gasteiger partial charge in [-0.05, 0) is 77.9 Å². The second-order valence-corrected chi connectivity index (χ2v) is 8.51. The molecule has 0 unspecified atom stereocenters. The van der Waals surface area contributed by atoms with Crippen LogP contribution in [0.2, 0.25) is 0 Å². The first kappa shape index (κ1) is 26.2. The molecule has 0 amide bonds. The molecule has 0 heterocycles. The number of ether oxygens (including phenoxy) is 2. The first-order valence-electron chi connectivity index (χ1n) is 12.3. The van der Waals surface area contributed by atoms with Crippen molar-refractivity contribution in [3.05, 3.63) is 119 Å². The molecular weight excluding hydrogens is 480 g/mol. The highest BCUT2D eigenvalue weighted by Gasteiger charge is 2.19. The molecule has 0 aromatic heterocycles. The highest BCUT2D eigenvalue weighted by Crippen LogP contribution is 2.27. The van der Waals surface area contributed by atoms with Gasteiger partial charge in [-0.1, -0.05) is 44.2 Å². The fourth-order valence-electron chi connectivity index (χ4n) is 3.86. The SMILES string of the molecule is CCC(=O)c1ccc(OC(=O)c2ccc(C(=O)Oc3ccc(C(=O)CC)cc3)c(-c3ccccc3)c2)cc1. The summed E-state index contributed by atoms with van der Waals surface area (Å²) in [6, 6.07) is 26.6. The van der Waals surface area contributed by atoms with Crippen LogP contribution in [0, 0.1) is 0 Å². The summed E-state index contributed by atoms with van der Waals surface area (Å²) in [6.45, 7) is 3.57. The molecule has 6 nitrogen and oxygen atoms in total. The number of hydrogen-bond acceptors (Lipinski definition) is 6. The predicted molar refractivity (Wildman–Crippen MR) is 144 cm³/mol. The molecule has 0 bridgehead atoms. The first-order valence-corrected chi connectivity index (χ1v) is 12.3. The topological polar surface area (TPSA) is 86.7 Å². The van der Waals surface area contributed by atoms with Crippen LogP contribution in [0.5, 0.6) is 11.5 Å². The molecule has 0 N–H and O–H groups in total. The maximum absolute atomic E-state index is 13.1. The highest BCUT2D eigenvalue weighted by molar-refractivity contribution is 6.02. The number of rotatable bonds is 9. The van der Waals surface area contributed by atoms with Gasteiger partial charge in [0.1, 0.15) is 11.5 Å². The number of carbonyl (C=O) groups is 4. The van der Waals surface area contributed by atoms with Crippen molar-refractivity contribution in [1.29, 1.82) is 0 Å². The Morgan fingerprint density at radius 3 is 1.53 bits per heavy atom. The van der Waals surface area contributed by atoms with Gasteiger partial charge < -0.3 is 9.47 Å². The van der Waals surface area contributed by atoms with Gasteiger partial charge in [0.25, 0.3) is 0 Å². The van der Waals surface area contributed by atoms with Gasteiger partial charge in [0, 0.05) is 24.0 Å². The molecule has 0 spiro atoms. The van der Waals surface area contributed by atoms with Crippen molar-refractivity contribution in [3.63, 3.8) is 0 Å². The van der Waals surface area contributed by atoms with Crippen molar-refractivity contribution in [2.24, 2.45) is 0 Å². The van der Waals surface area contributed by atoms with Crippen molar-refractivity contribution in [2.45, 2.75) is 26.7 Å². The lowest BCUT2D eigenvalue weighted by atomic mass is 9.97. The summed E-state index contributed by atoms with van der Waals surface area (Å²) in [4.78, 5) is 49.8. The minimum absolute atomic E-state index is 0.00195. The lowest BCUT2D eigenvalue weighted by Crippen LogP contribution is -2.13. The maximum Gasteiger partial charge on any atom is 0.344 e. The summed E-state index contributed by atoms with van der Waals surface area (Å²) in [6.07, 6.45) is 0.776. The minimum Gasteiger partial charge on any atom is -0.423 e. The Morgan fingerprint density at radius 1 is 0.553 bits per heavy atom. The molecule has 4 rings (SSSR count). The van der Waals surface area contributed by atoms with Crippen LogP contribution >= 0.6 is 0 Å². The van der Waals surface area contributed by atoms with E-state index in [2.05, 4.69) is 0 Å². The average Bonchev–Trinajstić information content (AvgIpc) is 2.97. The quantitative estimate of drug-likeness (QED) is 0.138. The Morgan fingerprint density at radius 2 is 1.03 bits per heavy atom. The smallest absolute Gasteiger partial charge is 0.344 e. The van der Waals surface area contributed by atoms with E-state index in [4.69, 9.17) is 9.47 Å². The third kappa shape index (κ3) is 6.10. The average molecular weight is 507 g/mol. The number of benzene rings is 4. The number of esters is 2. The van der Waals surface area contributed by atoms with Crippen molar-refractivity contribution in [2.75, 3.05) is 0 Å². The van der Waals surface area contributed by atoms with Crippen LogP contribution in [0.4, 0.5) is 0 Å². The summed E-state index contributed by atoms with van der Waals surface area (Å²) in [7, 11) is 0. The standard InChI is InChI=1S/C32H26O6/c1-3-29(33)22-10-15-25(16-11-22)37-31(35)24-14-19-27(28(20-24)21-8-6-5-7-9-21)32(36)38-26-17-12-23(13-18-26)30(34)4-2/h5-20H,3-4H2,1-2H3. The van der Waals surface area contributed by atoms with Crippen LogP contribution in [0.1, 0.15) is 68.1 Å². The summed E-state index contributed by atoms with van der Waals surface area (Å²) in [5.41, 5.74) is 2.84. The van der Waals surface area contributed by atoms with E-state index in [1.807, 2.05) is 30.3 Å². The Bertz CT molecular complexity index is 1470. The van der Waals surface area contributed by atoms with Crippen LogP contribution in [0.15, 0.2) is 97.1 Å². The molecule has 6 heteroatoms. The maximum atomic E-state index is 13.1. The third-order valence-electron chi connectivity index (χ3n) is 5.98. The van der Waals surface area contributed by atoms with Gasteiger partial charge in [-0.2, -0.15) is 0 Å². The number of hydrogen-bond donors (Lipinski definition) is 0. The van der Waals surface area contributed by atoms with E-state index >= 15 is 0 Å². The molecule has 0 aliphatic heterocycles. The number of carbonyl (C=O) groups excluding carboxylic acids is 4. The van der Waals surface area contributed by atoms with Crippen molar-refractivity contribution in [1.82, 2.24) is 0 Å².